The molecule has 2 rings (SSSR count). The van der Waals surface area contributed by atoms with Gasteiger partial charge in [0.15, 0.2) is 0 Å². The first-order chi connectivity index (χ1) is 11.6. The monoisotopic (exact) mass is 350 g/mol. The number of aryl methyl sites for hydroxylation is 1. The molecule has 2 heterocycles. The maximum absolute atomic E-state index is 12.0. The first-order valence-electron chi connectivity index (χ1n) is 7.94. The molecule has 130 valence electrons. The number of amides is 1. The molecule has 1 amide bonds. The van der Waals surface area contributed by atoms with E-state index in [1.54, 1.807) is 11.3 Å². The Morgan fingerprint density at radius 3 is 2.88 bits per heavy atom. The van der Waals surface area contributed by atoms with Gasteiger partial charge in [-0.2, -0.15) is 0 Å². The van der Waals surface area contributed by atoms with Gasteiger partial charge in [-0.25, -0.2) is 4.98 Å². The third kappa shape index (κ3) is 5.49. The lowest BCUT2D eigenvalue weighted by Gasteiger charge is -2.04. The molecule has 0 aromatic carbocycles. The van der Waals surface area contributed by atoms with E-state index in [1.807, 2.05) is 24.4 Å². The smallest absolute Gasteiger partial charge is 0.305 e. The SMILES string of the molecule is COC(=O)CCCCCNC(=O)Cc1nc(-c2cccs2)oc1C. The zero-order valence-corrected chi connectivity index (χ0v) is 14.8. The van der Waals surface area contributed by atoms with Crippen LogP contribution >= 0.6 is 11.3 Å². The van der Waals surface area contributed by atoms with Crippen LogP contribution in [0.25, 0.3) is 10.8 Å². The predicted molar refractivity (Wildman–Crippen MR) is 91.8 cm³/mol. The van der Waals surface area contributed by atoms with Crippen LogP contribution in [0.2, 0.25) is 0 Å². The molecule has 24 heavy (non-hydrogen) atoms. The van der Waals surface area contributed by atoms with E-state index in [9.17, 15) is 9.59 Å². The van der Waals surface area contributed by atoms with Gasteiger partial charge in [-0.1, -0.05) is 12.5 Å². The van der Waals surface area contributed by atoms with Crippen molar-refractivity contribution in [1.29, 1.82) is 0 Å². The third-order valence-corrected chi connectivity index (χ3v) is 4.42. The maximum Gasteiger partial charge on any atom is 0.305 e. The molecule has 0 aliphatic carbocycles. The number of hydrogen-bond donors (Lipinski definition) is 1. The van der Waals surface area contributed by atoms with Gasteiger partial charge in [0, 0.05) is 13.0 Å². The van der Waals surface area contributed by atoms with Crippen molar-refractivity contribution in [2.45, 2.75) is 39.0 Å². The van der Waals surface area contributed by atoms with Crippen LogP contribution < -0.4 is 5.32 Å². The van der Waals surface area contributed by atoms with Gasteiger partial charge >= 0.3 is 5.97 Å². The Labute approximate surface area is 145 Å². The second-order valence-electron chi connectivity index (χ2n) is 5.41. The number of methoxy groups -OCH3 is 1. The first-order valence-corrected chi connectivity index (χ1v) is 8.82. The van der Waals surface area contributed by atoms with Gasteiger partial charge in [-0.05, 0) is 31.2 Å². The van der Waals surface area contributed by atoms with Gasteiger partial charge in [-0.15, -0.1) is 11.3 Å². The molecule has 0 aliphatic heterocycles. The van der Waals surface area contributed by atoms with Gasteiger partial charge in [0.25, 0.3) is 0 Å². The second-order valence-corrected chi connectivity index (χ2v) is 6.36. The van der Waals surface area contributed by atoms with Crippen molar-refractivity contribution in [2.75, 3.05) is 13.7 Å². The quantitative estimate of drug-likeness (QED) is 0.555. The van der Waals surface area contributed by atoms with Crippen LogP contribution in [0.4, 0.5) is 0 Å². The Balaban J connectivity index is 1.70. The van der Waals surface area contributed by atoms with Gasteiger partial charge in [0.2, 0.25) is 11.8 Å². The summed E-state index contributed by atoms with van der Waals surface area (Å²) in [5, 5.41) is 4.83. The van der Waals surface area contributed by atoms with Crippen LogP contribution in [-0.2, 0) is 20.7 Å². The number of nitrogens with zero attached hydrogens (tertiary/aromatic N) is 1. The van der Waals surface area contributed by atoms with E-state index in [4.69, 9.17) is 4.42 Å². The summed E-state index contributed by atoms with van der Waals surface area (Å²) in [7, 11) is 1.39. The van der Waals surface area contributed by atoms with Crippen molar-refractivity contribution >= 4 is 23.2 Å². The molecule has 0 unspecified atom stereocenters. The number of carbonyl (C=O) groups excluding carboxylic acids is 2. The van der Waals surface area contributed by atoms with Gasteiger partial charge in [0.1, 0.15) is 5.76 Å². The van der Waals surface area contributed by atoms with E-state index in [1.165, 1.54) is 7.11 Å². The molecule has 0 atom stereocenters. The zero-order valence-electron chi connectivity index (χ0n) is 14.0. The molecular formula is C17H22N2O4S. The molecule has 0 spiro atoms. The lowest BCUT2D eigenvalue weighted by atomic mass is 10.2. The van der Waals surface area contributed by atoms with Crippen molar-refractivity contribution in [2.24, 2.45) is 0 Å². The van der Waals surface area contributed by atoms with Crippen LogP contribution in [-0.4, -0.2) is 30.5 Å². The van der Waals surface area contributed by atoms with Crippen molar-refractivity contribution in [3.05, 3.63) is 29.0 Å². The molecule has 7 heteroatoms. The van der Waals surface area contributed by atoms with E-state index in [0.717, 1.165) is 24.1 Å². The predicted octanol–water partition coefficient (Wildman–Crippen LogP) is 3.10. The molecule has 0 saturated heterocycles. The summed E-state index contributed by atoms with van der Waals surface area (Å²) in [6, 6.07) is 3.88. The molecule has 0 bridgehead atoms. The minimum Gasteiger partial charge on any atom is -0.469 e. The lowest BCUT2D eigenvalue weighted by molar-refractivity contribution is -0.140. The number of rotatable bonds is 9. The fourth-order valence-electron chi connectivity index (χ4n) is 2.21. The fraction of sp³-hybridized carbons (Fsp3) is 0.471. The summed E-state index contributed by atoms with van der Waals surface area (Å²) in [5.41, 5.74) is 0.668. The van der Waals surface area contributed by atoms with Crippen molar-refractivity contribution in [1.82, 2.24) is 10.3 Å². The van der Waals surface area contributed by atoms with Crippen molar-refractivity contribution in [3.8, 4) is 10.8 Å². The van der Waals surface area contributed by atoms with E-state index in [0.29, 0.717) is 30.3 Å². The number of unbranched alkanes of at least 4 members (excludes halogenated alkanes) is 2. The van der Waals surface area contributed by atoms with Gasteiger partial charge in [-0.3, -0.25) is 9.59 Å². The van der Waals surface area contributed by atoms with Crippen molar-refractivity contribution in [3.63, 3.8) is 0 Å². The van der Waals surface area contributed by atoms with Gasteiger partial charge in [0.05, 0.1) is 24.1 Å². The Morgan fingerprint density at radius 1 is 1.33 bits per heavy atom. The van der Waals surface area contributed by atoms with E-state index < -0.39 is 0 Å². The molecule has 2 aromatic heterocycles. The number of esters is 1. The van der Waals surface area contributed by atoms with Crippen LogP contribution in [0, 0.1) is 6.92 Å². The summed E-state index contributed by atoms with van der Waals surface area (Å²) in [5.74, 6) is 0.971. The van der Waals surface area contributed by atoms with Gasteiger partial charge < -0.3 is 14.5 Å². The molecule has 1 N–H and O–H groups in total. The van der Waals surface area contributed by atoms with Crippen molar-refractivity contribution < 1.29 is 18.7 Å². The Bertz CT molecular complexity index is 664. The highest BCUT2D eigenvalue weighted by molar-refractivity contribution is 7.13. The number of hydrogen-bond acceptors (Lipinski definition) is 6. The number of aromatic nitrogens is 1. The molecular weight excluding hydrogens is 328 g/mol. The average molecular weight is 350 g/mol. The molecule has 0 saturated carbocycles. The summed E-state index contributed by atoms with van der Waals surface area (Å²) < 4.78 is 10.2. The highest BCUT2D eigenvalue weighted by Gasteiger charge is 2.14. The highest BCUT2D eigenvalue weighted by Crippen LogP contribution is 2.25. The third-order valence-electron chi connectivity index (χ3n) is 3.56. The normalized spacial score (nSPS) is 10.6. The first kappa shape index (κ1) is 18.2. The van der Waals surface area contributed by atoms with Crippen LogP contribution in [0.1, 0.15) is 37.1 Å². The summed E-state index contributed by atoms with van der Waals surface area (Å²) in [4.78, 5) is 28.3. The van der Waals surface area contributed by atoms with Crippen LogP contribution in [0.15, 0.2) is 21.9 Å². The number of thiophene rings is 1. The lowest BCUT2D eigenvalue weighted by Crippen LogP contribution is -2.26. The second kappa shape index (κ2) is 9.22. The fourth-order valence-corrected chi connectivity index (χ4v) is 2.86. The molecule has 0 fully saturated rings. The highest BCUT2D eigenvalue weighted by atomic mass is 32.1. The summed E-state index contributed by atoms with van der Waals surface area (Å²) in [6.45, 7) is 2.41. The number of oxazole rings is 1. The number of nitrogens with one attached hydrogen (secondary N) is 1. The Morgan fingerprint density at radius 2 is 2.17 bits per heavy atom. The number of carbonyl (C=O) groups is 2. The van der Waals surface area contributed by atoms with E-state index in [2.05, 4.69) is 15.0 Å². The Hall–Kier alpha value is -2.15. The van der Waals surface area contributed by atoms with Crippen LogP contribution in [0.3, 0.4) is 0 Å². The Kier molecular flexibility index (Phi) is 6.99. The molecule has 2 aromatic rings. The minimum absolute atomic E-state index is 0.0721. The summed E-state index contributed by atoms with van der Waals surface area (Å²) >= 11 is 1.55. The molecule has 6 nitrogen and oxygen atoms in total. The summed E-state index contributed by atoms with van der Waals surface area (Å²) in [6.07, 6.45) is 3.12. The standard InChI is InChI=1S/C17H22N2O4S/c1-12-13(19-17(23-12)14-7-6-10-24-14)11-15(20)18-9-5-3-4-8-16(21)22-2/h6-7,10H,3-5,8-9,11H2,1-2H3,(H,18,20). The topological polar surface area (TPSA) is 81.4 Å². The molecule has 0 aliphatic rings. The number of ether oxygens (including phenoxy) is 1. The largest absolute Gasteiger partial charge is 0.469 e. The van der Waals surface area contributed by atoms with E-state index in [-0.39, 0.29) is 18.3 Å². The molecule has 0 radical (unpaired) electrons. The average Bonchev–Trinajstić information content (AvgIpc) is 3.21. The van der Waals surface area contributed by atoms with Crippen LogP contribution in [0.5, 0.6) is 0 Å². The van der Waals surface area contributed by atoms with E-state index >= 15 is 0 Å². The maximum atomic E-state index is 12.0. The minimum atomic E-state index is -0.193. The zero-order chi connectivity index (χ0) is 17.4.